The largest absolute Gasteiger partial charge is 0.295 e. The maximum Gasteiger partial charge on any atom is 0.205 e. The van der Waals surface area contributed by atoms with E-state index in [-0.39, 0.29) is 5.78 Å². The average molecular weight is 228 g/mol. The van der Waals surface area contributed by atoms with E-state index in [1.54, 1.807) is 13.1 Å². The van der Waals surface area contributed by atoms with E-state index in [2.05, 4.69) is 15.4 Å². The summed E-state index contributed by atoms with van der Waals surface area (Å²) in [6.07, 6.45) is 3.28. The monoisotopic (exact) mass is 228 g/mol. The molecular weight excluding hydrogens is 216 g/mol. The standard InChI is InChI=1S/C12H12N4O/c1-9(17)7-8-10-5-3-4-6-11(10)12-13-15-16(2)14-12/h3-8H,1-2H3/b8-7+. The molecule has 17 heavy (non-hydrogen) atoms. The molecule has 0 saturated carbocycles. The summed E-state index contributed by atoms with van der Waals surface area (Å²) in [6.45, 7) is 1.51. The van der Waals surface area contributed by atoms with Gasteiger partial charge < -0.3 is 0 Å². The van der Waals surface area contributed by atoms with Crippen LogP contribution < -0.4 is 0 Å². The van der Waals surface area contributed by atoms with Crippen LogP contribution in [0.4, 0.5) is 0 Å². The van der Waals surface area contributed by atoms with E-state index >= 15 is 0 Å². The minimum absolute atomic E-state index is 0.00640. The first-order valence-corrected chi connectivity index (χ1v) is 5.19. The number of aryl methyl sites for hydroxylation is 1. The molecule has 86 valence electrons. The van der Waals surface area contributed by atoms with Crippen LogP contribution in [0, 0.1) is 0 Å². The lowest BCUT2D eigenvalue weighted by molar-refractivity contribution is -0.112. The van der Waals surface area contributed by atoms with Gasteiger partial charge in [-0.2, -0.15) is 4.80 Å². The summed E-state index contributed by atoms with van der Waals surface area (Å²) in [5.74, 6) is 0.559. The van der Waals surface area contributed by atoms with Crippen LogP contribution in [0.25, 0.3) is 17.5 Å². The molecule has 0 spiro atoms. The zero-order valence-electron chi connectivity index (χ0n) is 9.66. The third-order valence-electron chi connectivity index (χ3n) is 2.21. The topological polar surface area (TPSA) is 60.7 Å². The van der Waals surface area contributed by atoms with Crippen molar-refractivity contribution in [2.24, 2.45) is 7.05 Å². The fourth-order valence-electron chi connectivity index (χ4n) is 1.45. The maximum absolute atomic E-state index is 10.9. The molecule has 1 aromatic heterocycles. The van der Waals surface area contributed by atoms with E-state index < -0.39 is 0 Å². The Bertz CT molecular complexity index is 571. The van der Waals surface area contributed by atoms with Gasteiger partial charge in [0.05, 0.1) is 7.05 Å². The number of benzene rings is 1. The fourth-order valence-corrected chi connectivity index (χ4v) is 1.45. The van der Waals surface area contributed by atoms with Gasteiger partial charge in [-0.25, -0.2) is 0 Å². The fraction of sp³-hybridized carbons (Fsp3) is 0.167. The third-order valence-corrected chi connectivity index (χ3v) is 2.21. The lowest BCUT2D eigenvalue weighted by atomic mass is 10.1. The van der Waals surface area contributed by atoms with E-state index in [9.17, 15) is 4.79 Å². The van der Waals surface area contributed by atoms with Gasteiger partial charge in [0.15, 0.2) is 5.78 Å². The molecule has 0 saturated heterocycles. The second-order valence-corrected chi connectivity index (χ2v) is 3.63. The molecule has 0 aliphatic rings. The first kappa shape index (κ1) is 11.2. The van der Waals surface area contributed by atoms with E-state index in [0.29, 0.717) is 5.82 Å². The maximum atomic E-state index is 10.9. The van der Waals surface area contributed by atoms with Crippen molar-refractivity contribution >= 4 is 11.9 Å². The van der Waals surface area contributed by atoms with Crippen LogP contribution in [-0.2, 0) is 11.8 Å². The molecule has 0 fully saturated rings. The molecule has 0 radical (unpaired) electrons. The molecule has 0 N–H and O–H groups in total. The average Bonchev–Trinajstić information content (AvgIpc) is 2.73. The molecule has 2 aromatic rings. The molecule has 5 nitrogen and oxygen atoms in total. The van der Waals surface area contributed by atoms with Gasteiger partial charge in [-0.3, -0.25) is 4.79 Å². The number of hydrogen-bond donors (Lipinski definition) is 0. The van der Waals surface area contributed by atoms with Crippen LogP contribution in [0.5, 0.6) is 0 Å². The minimum Gasteiger partial charge on any atom is -0.295 e. The Morgan fingerprint density at radius 3 is 2.76 bits per heavy atom. The van der Waals surface area contributed by atoms with Crippen molar-refractivity contribution in [1.29, 1.82) is 0 Å². The van der Waals surface area contributed by atoms with Gasteiger partial charge in [0.1, 0.15) is 0 Å². The number of allylic oxidation sites excluding steroid dienone is 1. The van der Waals surface area contributed by atoms with Crippen LogP contribution in [0.2, 0.25) is 0 Å². The highest BCUT2D eigenvalue weighted by Gasteiger charge is 2.07. The number of nitrogens with zero attached hydrogens (tertiary/aromatic N) is 4. The number of tetrazole rings is 1. The molecule has 0 bridgehead atoms. The van der Waals surface area contributed by atoms with Crippen molar-refractivity contribution in [2.45, 2.75) is 6.92 Å². The van der Waals surface area contributed by atoms with Crippen LogP contribution in [0.15, 0.2) is 30.3 Å². The quantitative estimate of drug-likeness (QED) is 0.746. The molecule has 2 rings (SSSR count). The van der Waals surface area contributed by atoms with Crippen LogP contribution in [-0.4, -0.2) is 26.0 Å². The van der Waals surface area contributed by atoms with Crippen molar-refractivity contribution in [3.63, 3.8) is 0 Å². The predicted octanol–water partition coefficient (Wildman–Crippen LogP) is 1.48. The Hall–Kier alpha value is -2.30. The number of hydrogen-bond acceptors (Lipinski definition) is 4. The number of aromatic nitrogens is 4. The molecule has 1 heterocycles. The number of ketones is 1. The number of rotatable bonds is 3. The summed E-state index contributed by atoms with van der Waals surface area (Å²) in [7, 11) is 1.71. The molecule has 0 atom stereocenters. The van der Waals surface area contributed by atoms with Gasteiger partial charge in [0.25, 0.3) is 0 Å². The van der Waals surface area contributed by atoms with Crippen LogP contribution in [0.1, 0.15) is 12.5 Å². The second kappa shape index (κ2) is 4.69. The lowest BCUT2D eigenvalue weighted by Crippen LogP contribution is -1.92. The molecule has 1 aromatic carbocycles. The van der Waals surface area contributed by atoms with Crippen molar-refractivity contribution in [1.82, 2.24) is 20.2 Å². The molecule has 0 unspecified atom stereocenters. The predicted molar refractivity (Wildman–Crippen MR) is 63.9 cm³/mol. The summed E-state index contributed by atoms with van der Waals surface area (Å²) in [5.41, 5.74) is 1.76. The molecule has 0 aliphatic heterocycles. The first-order valence-electron chi connectivity index (χ1n) is 5.19. The van der Waals surface area contributed by atoms with Gasteiger partial charge in [-0.15, -0.1) is 10.2 Å². The number of carbonyl (C=O) groups excluding carboxylic acids is 1. The van der Waals surface area contributed by atoms with Crippen molar-refractivity contribution in [2.75, 3.05) is 0 Å². The van der Waals surface area contributed by atoms with Gasteiger partial charge in [0.2, 0.25) is 5.82 Å². The molecule has 0 aliphatic carbocycles. The second-order valence-electron chi connectivity index (χ2n) is 3.63. The van der Waals surface area contributed by atoms with E-state index in [0.717, 1.165) is 11.1 Å². The summed E-state index contributed by atoms with van der Waals surface area (Å²) in [6, 6.07) is 7.61. The highest BCUT2D eigenvalue weighted by molar-refractivity contribution is 5.92. The summed E-state index contributed by atoms with van der Waals surface area (Å²) in [4.78, 5) is 12.3. The van der Waals surface area contributed by atoms with E-state index in [1.807, 2.05) is 24.3 Å². The van der Waals surface area contributed by atoms with Crippen molar-refractivity contribution < 1.29 is 4.79 Å². The highest BCUT2D eigenvalue weighted by Crippen LogP contribution is 2.20. The van der Waals surface area contributed by atoms with Crippen LogP contribution >= 0.6 is 0 Å². The SMILES string of the molecule is CC(=O)/C=C/c1ccccc1-c1nnn(C)n1. The number of carbonyl (C=O) groups is 1. The van der Waals surface area contributed by atoms with Gasteiger partial charge in [-0.1, -0.05) is 30.3 Å². The Morgan fingerprint density at radius 2 is 2.12 bits per heavy atom. The normalized spacial score (nSPS) is 10.9. The van der Waals surface area contributed by atoms with Crippen LogP contribution in [0.3, 0.4) is 0 Å². The van der Waals surface area contributed by atoms with Gasteiger partial charge >= 0.3 is 0 Å². The molecule has 0 amide bonds. The van der Waals surface area contributed by atoms with Gasteiger partial charge in [-0.05, 0) is 23.8 Å². The molecular formula is C12H12N4O. The van der Waals surface area contributed by atoms with E-state index in [1.165, 1.54) is 17.8 Å². The van der Waals surface area contributed by atoms with E-state index in [4.69, 9.17) is 0 Å². The summed E-state index contributed by atoms with van der Waals surface area (Å²) < 4.78 is 0. The first-order chi connectivity index (χ1) is 8.16. The third kappa shape index (κ3) is 2.63. The highest BCUT2D eigenvalue weighted by atomic mass is 16.1. The zero-order chi connectivity index (χ0) is 12.3. The Morgan fingerprint density at radius 1 is 1.35 bits per heavy atom. The van der Waals surface area contributed by atoms with Crippen molar-refractivity contribution in [3.8, 4) is 11.4 Å². The van der Waals surface area contributed by atoms with Gasteiger partial charge in [0, 0.05) is 5.56 Å². The Kier molecular flexibility index (Phi) is 3.09. The van der Waals surface area contributed by atoms with Crippen molar-refractivity contribution in [3.05, 3.63) is 35.9 Å². The zero-order valence-corrected chi connectivity index (χ0v) is 9.66. The lowest BCUT2D eigenvalue weighted by Gasteiger charge is -1.99. The molecule has 5 heteroatoms. The Labute approximate surface area is 98.8 Å². The minimum atomic E-state index is 0.00640. The Balaban J connectivity index is 2.44. The summed E-state index contributed by atoms with van der Waals surface area (Å²) >= 11 is 0. The summed E-state index contributed by atoms with van der Waals surface area (Å²) in [5, 5.41) is 11.9. The smallest absolute Gasteiger partial charge is 0.205 e.